The molecule has 0 saturated carbocycles. The van der Waals surface area contributed by atoms with E-state index in [9.17, 15) is 0 Å². The van der Waals surface area contributed by atoms with Crippen molar-refractivity contribution in [2.75, 3.05) is 20.1 Å². The average molecular weight is 213 g/mol. The Hall–Kier alpha value is -1.08. The molecule has 1 aromatic rings. The first kappa shape index (κ1) is 10.1. The lowest BCUT2D eigenvalue weighted by Gasteiger charge is -2.43. The molecule has 2 atom stereocenters. The molecule has 0 amide bonds. The minimum absolute atomic E-state index is 0.323. The summed E-state index contributed by atoms with van der Waals surface area (Å²) >= 11 is 0. The number of likely N-dealkylation sites (tertiary alicyclic amines) is 1. The first-order valence-corrected chi connectivity index (χ1v) is 6.20. The number of piperidine rings is 1. The van der Waals surface area contributed by atoms with Crippen LogP contribution in [0.2, 0.25) is 0 Å². The maximum atomic E-state index is 2.45. The monoisotopic (exact) mass is 213 g/mol. The van der Waals surface area contributed by atoms with Gasteiger partial charge in [-0.25, -0.2) is 0 Å². The van der Waals surface area contributed by atoms with Crippen molar-refractivity contribution in [3.05, 3.63) is 41.5 Å². The normalized spacial score (nSPS) is 33.2. The summed E-state index contributed by atoms with van der Waals surface area (Å²) in [5, 5.41) is 0. The highest BCUT2D eigenvalue weighted by atomic mass is 15.1. The summed E-state index contributed by atoms with van der Waals surface area (Å²) in [4.78, 5) is 2.45. The predicted octanol–water partition coefficient (Wildman–Crippen LogP) is 2.92. The van der Waals surface area contributed by atoms with E-state index in [1.807, 2.05) is 0 Å². The molecule has 0 bridgehead atoms. The molecule has 1 aromatic carbocycles. The van der Waals surface area contributed by atoms with Gasteiger partial charge in [-0.15, -0.1) is 0 Å². The fourth-order valence-corrected chi connectivity index (χ4v) is 3.39. The quantitative estimate of drug-likeness (QED) is 0.640. The second-order valence-corrected chi connectivity index (χ2v) is 5.37. The van der Waals surface area contributed by atoms with Crippen LogP contribution in [0.3, 0.4) is 0 Å². The van der Waals surface area contributed by atoms with E-state index in [2.05, 4.69) is 55.3 Å². The molecule has 1 aliphatic heterocycles. The molecule has 0 N–H and O–H groups in total. The van der Waals surface area contributed by atoms with Gasteiger partial charge in [-0.3, -0.25) is 0 Å². The van der Waals surface area contributed by atoms with Crippen molar-refractivity contribution in [1.82, 2.24) is 4.90 Å². The third-order valence-electron chi connectivity index (χ3n) is 4.39. The number of benzene rings is 1. The minimum atomic E-state index is 0.323. The van der Waals surface area contributed by atoms with Crippen molar-refractivity contribution in [1.29, 1.82) is 0 Å². The van der Waals surface area contributed by atoms with E-state index < -0.39 is 0 Å². The van der Waals surface area contributed by atoms with Gasteiger partial charge in [0.1, 0.15) is 0 Å². The number of nitrogens with zero attached hydrogens (tertiary/aromatic N) is 1. The molecular formula is C15H19N. The van der Waals surface area contributed by atoms with E-state index in [1.165, 1.54) is 25.1 Å². The molecule has 0 aromatic heterocycles. The lowest BCUT2D eigenvalue weighted by atomic mass is 9.68. The fraction of sp³-hybridized carbons (Fsp3) is 0.467. The number of hydrogen-bond donors (Lipinski definition) is 0. The molecule has 1 unspecified atom stereocenters. The van der Waals surface area contributed by atoms with E-state index in [4.69, 9.17) is 0 Å². The Labute approximate surface area is 97.8 Å². The van der Waals surface area contributed by atoms with Gasteiger partial charge in [-0.1, -0.05) is 43.3 Å². The third kappa shape index (κ3) is 1.28. The molecule has 1 saturated heterocycles. The van der Waals surface area contributed by atoms with E-state index in [1.54, 1.807) is 5.56 Å². The number of fused-ring (bicyclic) bond motifs is 2. The number of allylic oxidation sites excluding steroid dienone is 1. The molecule has 2 aliphatic rings. The fourth-order valence-electron chi connectivity index (χ4n) is 3.39. The Bertz CT molecular complexity index is 435. The van der Waals surface area contributed by atoms with Gasteiger partial charge in [0, 0.05) is 12.0 Å². The summed E-state index contributed by atoms with van der Waals surface area (Å²) in [6.45, 7) is 4.81. The van der Waals surface area contributed by atoms with Crippen LogP contribution in [0.15, 0.2) is 30.3 Å². The second-order valence-electron chi connectivity index (χ2n) is 5.37. The third-order valence-corrected chi connectivity index (χ3v) is 4.39. The van der Waals surface area contributed by atoms with Gasteiger partial charge < -0.3 is 4.90 Å². The number of hydrogen-bond acceptors (Lipinski definition) is 1. The SMILES string of the molecule is C[C@@H]1CN(C)CCC12C=Cc1ccccc12. The Morgan fingerprint density at radius 2 is 2.12 bits per heavy atom. The molecule has 1 heteroatoms. The molecule has 84 valence electrons. The first-order valence-electron chi connectivity index (χ1n) is 6.20. The van der Waals surface area contributed by atoms with Crippen LogP contribution in [0.1, 0.15) is 24.5 Å². The largest absolute Gasteiger partial charge is 0.306 e. The number of rotatable bonds is 0. The standard InChI is InChI=1S/C15H19N/c1-12-11-16(2)10-9-15(12)8-7-13-5-3-4-6-14(13)15/h3-8,12H,9-11H2,1-2H3/t12-,15?/m1/s1. The maximum Gasteiger partial charge on any atom is 0.0191 e. The summed E-state index contributed by atoms with van der Waals surface area (Å²) in [5.74, 6) is 0.714. The van der Waals surface area contributed by atoms with Crippen LogP contribution in [-0.2, 0) is 5.41 Å². The summed E-state index contributed by atoms with van der Waals surface area (Å²) in [5.41, 5.74) is 3.30. The summed E-state index contributed by atoms with van der Waals surface area (Å²) in [7, 11) is 2.23. The van der Waals surface area contributed by atoms with Gasteiger partial charge in [0.25, 0.3) is 0 Å². The van der Waals surface area contributed by atoms with Gasteiger partial charge in [0.2, 0.25) is 0 Å². The smallest absolute Gasteiger partial charge is 0.0191 e. The van der Waals surface area contributed by atoms with Crippen molar-refractivity contribution < 1.29 is 0 Å². The predicted molar refractivity (Wildman–Crippen MR) is 68.4 cm³/mol. The summed E-state index contributed by atoms with van der Waals surface area (Å²) in [6, 6.07) is 8.88. The van der Waals surface area contributed by atoms with Crippen molar-refractivity contribution in [2.24, 2.45) is 5.92 Å². The van der Waals surface area contributed by atoms with Crippen molar-refractivity contribution in [3.8, 4) is 0 Å². The van der Waals surface area contributed by atoms with Crippen LogP contribution in [0, 0.1) is 5.92 Å². The molecular weight excluding hydrogens is 194 g/mol. The van der Waals surface area contributed by atoms with E-state index in [-0.39, 0.29) is 0 Å². The maximum absolute atomic E-state index is 2.45. The first-order chi connectivity index (χ1) is 7.72. The molecule has 0 radical (unpaired) electrons. The van der Waals surface area contributed by atoms with Gasteiger partial charge in [-0.05, 0) is 37.1 Å². The van der Waals surface area contributed by atoms with E-state index >= 15 is 0 Å². The van der Waals surface area contributed by atoms with Gasteiger partial charge >= 0.3 is 0 Å². The molecule has 1 heterocycles. The Morgan fingerprint density at radius 3 is 2.94 bits per heavy atom. The lowest BCUT2D eigenvalue weighted by Crippen LogP contribution is -2.45. The Morgan fingerprint density at radius 1 is 1.31 bits per heavy atom. The lowest BCUT2D eigenvalue weighted by molar-refractivity contribution is 0.155. The molecule has 1 fully saturated rings. The molecule has 1 aliphatic carbocycles. The van der Waals surface area contributed by atoms with E-state index in [0.717, 1.165) is 0 Å². The molecule has 1 spiro atoms. The topological polar surface area (TPSA) is 3.24 Å². The van der Waals surface area contributed by atoms with Gasteiger partial charge in [0.15, 0.2) is 0 Å². The molecule has 3 rings (SSSR count). The van der Waals surface area contributed by atoms with Crippen LogP contribution in [0.25, 0.3) is 6.08 Å². The van der Waals surface area contributed by atoms with Crippen molar-refractivity contribution in [3.63, 3.8) is 0 Å². The highest BCUT2D eigenvalue weighted by molar-refractivity contribution is 5.65. The highest BCUT2D eigenvalue weighted by Crippen LogP contribution is 2.46. The van der Waals surface area contributed by atoms with Crippen LogP contribution >= 0.6 is 0 Å². The Balaban J connectivity index is 2.05. The van der Waals surface area contributed by atoms with Crippen LogP contribution in [-0.4, -0.2) is 25.0 Å². The second kappa shape index (κ2) is 3.46. The van der Waals surface area contributed by atoms with Gasteiger partial charge in [0.05, 0.1) is 0 Å². The zero-order valence-corrected chi connectivity index (χ0v) is 10.1. The highest BCUT2D eigenvalue weighted by Gasteiger charge is 2.42. The Kier molecular flexibility index (Phi) is 2.18. The average Bonchev–Trinajstić information content (AvgIpc) is 2.65. The zero-order chi connectivity index (χ0) is 11.2. The molecule has 16 heavy (non-hydrogen) atoms. The minimum Gasteiger partial charge on any atom is -0.306 e. The van der Waals surface area contributed by atoms with Crippen molar-refractivity contribution >= 4 is 6.08 Å². The van der Waals surface area contributed by atoms with E-state index in [0.29, 0.717) is 11.3 Å². The zero-order valence-electron chi connectivity index (χ0n) is 10.1. The van der Waals surface area contributed by atoms with Gasteiger partial charge in [-0.2, -0.15) is 0 Å². The summed E-state index contributed by atoms with van der Waals surface area (Å²) < 4.78 is 0. The summed E-state index contributed by atoms with van der Waals surface area (Å²) in [6.07, 6.45) is 6.03. The molecule has 1 nitrogen and oxygen atoms in total. The van der Waals surface area contributed by atoms with Crippen molar-refractivity contribution in [2.45, 2.75) is 18.8 Å². The van der Waals surface area contributed by atoms with Crippen LogP contribution < -0.4 is 0 Å². The van der Waals surface area contributed by atoms with Crippen LogP contribution in [0.5, 0.6) is 0 Å². The van der Waals surface area contributed by atoms with Crippen LogP contribution in [0.4, 0.5) is 0 Å².